The Morgan fingerprint density at radius 3 is 2.57 bits per heavy atom. The van der Waals surface area contributed by atoms with Crippen molar-refractivity contribution in [2.75, 3.05) is 5.73 Å². The van der Waals surface area contributed by atoms with Gasteiger partial charge in [-0.25, -0.2) is 4.98 Å². The molecular formula is C17H18N4O2. The number of anilines is 1. The fourth-order valence-corrected chi connectivity index (χ4v) is 2.95. The summed E-state index contributed by atoms with van der Waals surface area (Å²) in [7, 11) is 0. The number of phenols is 1. The summed E-state index contributed by atoms with van der Waals surface area (Å²) in [6.45, 7) is 5.57. The predicted octanol–water partition coefficient (Wildman–Crippen LogP) is 2.31. The summed E-state index contributed by atoms with van der Waals surface area (Å²) >= 11 is 0. The number of hydrogen-bond acceptors (Lipinski definition) is 4. The average molecular weight is 310 g/mol. The van der Waals surface area contributed by atoms with Crippen LogP contribution in [0.5, 0.6) is 5.75 Å². The molecule has 0 radical (unpaired) electrons. The molecule has 0 atom stereocenters. The van der Waals surface area contributed by atoms with Crippen molar-refractivity contribution in [3.05, 3.63) is 47.0 Å². The molecule has 0 bridgehead atoms. The Hall–Kier alpha value is -3.02. The number of benzene rings is 1. The van der Waals surface area contributed by atoms with Gasteiger partial charge >= 0.3 is 0 Å². The highest BCUT2D eigenvalue weighted by Crippen LogP contribution is 2.39. The van der Waals surface area contributed by atoms with E-state index in [0.29, 0.717) is 16.8 Å². The summed E-state index contributed by atoms with van der Waals surface area (Å²) in [4.78, 5) is 16.1. The number of imidazole rings is 1. The van der Waals surface area contributed by atoms with Gasteiger partial charge in [0.05, 0.1) is 23.0 Å². The van der Waals surface area contributed by atoms with Crippen LogP contribution < -0.4 is 11.5 Å². The van der Waals surface area contributed by atoms with Crippen molar-refractivity contribution in [2.45, 2.75) is 20.8 Å². The van der Waals surface area contributed by atoms with Gasteiger partial charge in [-0.15, -0.1) is 0 Å². The second-order valence-electron chi connectivity index (χ2n) is 5.66. The maximum Gasteiger partial charge on any atom is 0.252 e. The lowest BCUT2D eigenvalue weighted by atomic mass is 9.92. The van der Waals surface area contributed by atoms with Crippen LogP contribution in [-0.2, 0) is 0 Å². The highest BCUT2D eigenvalue weighted by molar-refractivity contribution is 6.05. The molecule has 1 amide bonds. The van der Waals surface area contributed by atoms with Gasteiger partial charge in [0, 0.05) is 11.8 Å². The summed E-state index contributed by atoms with van der Waals surface area (Å²) in [5.41, 5.74) is 16.1. The van der Waals surface area contributed by atoms with Crippen molar-refractivity contribution in [3.8, 4) is 16.9 Å². The Balaban J connectivity index is 2.54. The number of amides is 1. The number of carbonyl (C=O) groups is 1. The van der Waals surface area contributed by atoms with Gasteiger partial charge in [0.2, 0.25) is 0 Å². The number of aryl methyl sites for hydroxylation is 2. The average Bonchev–Trinajstić information content (AvgIpc) is 2.86. The van der Waals surface area contributed by atoms with Crippen LogP contribution in [0.1, 0.15) is 27.3 Å². The number of primary amides is 1. The Bertz CT molecular complexity index is 957. The molecule has 6 nitrogen and oxygen atoms in total. The molecule has 0 unspecified atom stereocenters. The summed E-state index contributed by atoms with van der Waals surface area (Å²) < 4.78 is 1.79. The van der Waals surface area contributed by atoms with Crippen molar-refractivity contribution in [2.24, 2.45) is 5.73 Å². The van der Waals surface area contributed by atoms with E-state index in [4.69, 9.17) is 11.5 Å². The normalized spacial score (nSPS) is 11.1. The Labute approximate surface area is 133 Å². The number of aromatic hydroxyl groups is 1. The van der Waals surface area contributed by atoms with E-state index >= 15 is 0 Å². The minimum Gasteiger partial charge on any atom is -0.508 e. The summed E-state index contributed by atoms with van der Waals surface area (Å²) in [5, 5.41) is 10.1. The van der Waals surface area contributed by atoms with E-state index in [9.17, 15) is 9.90 Å². The van der Waals surface area contributed by atoms with E-state index in [1.807, 2.05) is 26.8 Å². The van der Waals surface area contributed by atoms with Crippen LogP contribution in [0.2, 0.25) is 0 Å². The molecule has 0 saturated carbocycles. The maximum atomic E-state index is 11.8. The first-order chi connectivity index (χ1) is 10.8. The highest BCUT2D eigenvalue weighted by Gasteiger charge is 2.21. The zero-order chi connectivity index (χ0) is 16.9. The standard InChI is InChI=1S/C17H18N4O2/c1-8-4-5-13(22)9(2)14(8)15-12-6-20-10(3)21(12)7-11(16(15)18)17(19)23/h4-7,22H,18H2,1-3H3,(H2,19,23). The summed E-state index contributed by atoms with van der Waals surface area (Å²) in [6, 6.07) is 3.45. The van der Waals surface area contributed by atoms with E-state index in [1.54, 1.807) is 22.9 Å². The number of pyridine rings is 1. The number of rotatable bonds is 2. The predicted molar refractivity (Wildman–Crippen MR) is 89.4 cm³/mol. The van der Waals surface area contributed by atoms with Crippen molar-refractivity contribution < 1.29 is 9.90 Å². The zero-order valence-electron chi connectivity index (χ0n) is 13.2. The van der Waals surface area contributed by atoms with E-state index in [-0.39, 0.29) is 11.3 Å². The number of nitrogen functional groups attached to an aromatic ring is 1. The molecule has 118 valence electrons. The Morgan fingerprint density at radius 1 is 1.22 bits per heavy atom. The lowest BCUT2D eigenvalue weighted by molar-refractivity contribution is 0.100. The fourth-order valence-electron chi connectivity index (χ4n) is 2.95. The van der Waals surface area contributed by atoms with Crippen LogP contribution >= 0.6 is 0 Å². The van der Waals surface area contributed by atoms with Crippen LogP contribution in [0.4, 0.5) is 5.69 Å². The molecule has 5 N–H and O–H groups in total. The Morgan fingerprint density at radius 2 is 1.91 bits per heavy atom. The third-order valence-corrected chi connectivity index (χ3v) is 4.22. The topological polar surface area (TPSA) is 107 Å². The maximum absolute atomic E-state index is 11.8. The first-order valence-corrected chi connectivity index (χ1v) is 7.18. The van der Waals surface area contributed by atoms with Crippen LogP contribution in [0.3, 0.4) is 0 Å². The van der Waals surface area contributed by atoms with E-state index in [1.165, 1.54) is 0 Å². The lowest BCUT2D eigenvalue weighted by Crippen LogP contribution is -2.16. The molecule has 0 aliphatic heterocycles. The lowest BCUT2D eigenvalue weighted by Gasteiger charge is -2.17. The summed E-state index contributed by atoms with van der Waals surface area (Å²) in [6.07, 6.45) is 3.31. The van der Waals surface area contributed by atoms with Crippen LogP contribution in [0, 0.1) is 20.8 Å². The van der Waals surface area contributed by atoms with Crippen molar-refractivity contribution in [3.63, 3.8) is 0 Å². The number of phenolic OH excluding ortho intramolecular Hbond substituents is 1. The third kappa shape index (κ3) is 2.11. The van der Waals surface area contributed by atoms with Crippen molar-refractivity contribution in [1.82, 2.24) is 9.38 Å². The monoisotopic (exact) mass is 310 g/mol. The number of carbonyl (C=O) groups excluding carboxylic acids is 1. The molecule has 0 spiro atoms. The molecule has 1 aromatic carbocycles. The van der Waals surface area contributed by atoms with E-state index in [0.717, 1.165) is 22.5 Å². The highest BCUT2D eigenvalue weighted by atomic mass is 16.3. The van der Waals surface area contributed by atoms with Crippen LogP contribution in [-0.4, -0.2) is 20.4 Å². The molecule has 2 heterocycles. The molecule has 0 fully saturated rings. The number of nitrogens with two attached hydrogens (primary N) is 2. The second kappa shape index (κ2) is 5.01. The number of hydrogen-bond donors (Lipinski definition) is 3. The molecule has 2 aromatic heterocycles. The van der Waals surface area contributed by atoms with Gasteiger partial charge in [0.25, 0.3) is 5.91 Å². The number of aromatic nitrogens is 2. The minimum absolute atomic E-state index is 0.170. The molecule has 0 aliphatic rings. The molecular weight excluding hydrogens is 292 g/mol. The van der Waals surface area contributed by atoms with Gasteiger partial charge in [-0.1, -0.05) is 6.07 Å². The quantitative estimate of drug-likeness (QED) is 0.675. The molecule has 23 heavy (non-hydrogen) atoms. The first kappa shape index (κ1) is 14.9. The molecule has 0 saturated heterocycles. The van der Waals surface area contributed by atoms with Crippen LogP contribution in [0.25, 0.3) is 16.6 Å². The van der Waals surface area contributed by atoms with Gasteiger partial charge in [-0.3, -0.25) is 4.79 Å². The van der Waals surface area contributed by atoms with Gasteiger partial charge in [0.15, 0.2) is 0 Å². The third-order valence-electron chi connectivity index (χ3n) is 4.22. The van der Waals surface area contributed by atoms with Crippen molar-refractivity contribution in [1.29, 1.82) is 0 Å². The molecule has 3 aromatic rings. The Kier molecular flexibility index (Phi) is 3.25. The zero-order valence-corrected chi connectivity index (χ0v) is 13.2. The van der Waals surface area contributed by atoms with E-state index in [2.05, 4.69) is 4.98 Å². The van der Waals surface area contributed by atoms with Crippen LogP contribution in [0.15, 0.2) is 24.5 Å². The van der Waals surface area contributed by atoms with Gasteiger partial charge in [-0.2, -0.15) is 0 Å². The SMILES string of the molecule is Cc1ccc(O)c(C)c1-c1c(N)c(C(N)=O)cn2c(C)ncc12. The molecule has 6 heteroatoms. The molecule has 0 aliphatic carbocycles. The largest absolute Gasteiger partial charge is 0.508 e. The van der Waals surface area contributed by atoms with Gasteiger partial charge in [0.1, 0.15) is 11.6 Å². The van der Waals surface area contributed by atoms with E-state index < -0.39 is 5.91 Å². The smallest absolute Gasteiger partial charge is 0.252 e. The number of nitrogens with zero attached hydrogens (tertiary/aromatic N) is 2. The first-order valence-electron chi connectivity index (χ1n) is 7.18. The number of fused-ring (bicyclic) bond motifs is 1. The minimum atomic E-state index is -0.603. The van der Waals surface area contributed by atoms with Gasteiger partial charge in [-0.05, 0) is 43.5 Å². The van der Waals surface area contributed by atoms with Gasteiger partial charge < -0.3 is 21.0 Å². The fraction of sp³-hybridized carbons (Fsp3) is 0.176. The summed E-state index contributed by atoms with van der Waals surface area (Å²) in [5.74, 6) is 0.289. The second-order valence-corrected chi connectivity index (χ2v) is 5.66. The molecule has 3 rings (SSSR count). The van der Waals surface area contributed by atoms with Crippen molar-refractivity contribution >= 4 is 17.1 Å².